The highest BCUT2D eigenvalue weighted by Crippen LogP contribution is 2.46. The second-order valence-electron chi connectivity index (χ2n) is 10.0. The van der Waals surface area contributed by atoms with Crippen molar-refractivity contribution >= 4 is 55.7 Å². The fraction of sp³-hybridized carbons (Fsp3) is 0.241. The third-order valence-corrected chi connectivity index (χ3v) is 7.90. The minimum atomic E-state index is -1.03. The fourth-order valence-electron chi connectivity index (χ4n) is 4.52. The molecule has 200 valence electrons. The van der Waals surface area contributed by atoms with E-state index in [-0.39, 0.29) is 27.3 Å². The lowest BCUT2D eigenvalue weighted by molar-refractivity contribution is -0.132. The first-order chi connectivity index (χ1) is 18.5. The average Bonchev–Trinajstić information content (AvgIpc) is 3.45. The number of thiazole rings is 1. The van der Waals surface area contributed by atoms with E-state index in [0.29, 0.717) is 22.1 Å². The molecule has 8 nitrogen and oxygen atoms in total. The van der Waals surface area contributed by atoms with Gasteiger partial charge in [-0.05, 0) is 41.3 Å². The van der Waals surface area contributed by atoms with Crippen LogP contribution in [-0.4, -0.2) is 41.0 Å². The van der Waals surface area contributed by atoms with Crippen molar-refractivity contribution in [2.75, 3.05) is 19.1 Å². The zero-order valence-electron chi connectivity index (χ0n) is 22.0. The number of carbonyl (C=O) groups is 2. The van der Waals surface area contributed by atoms with Gasteiger partial charge in [-0.2, -0.15) is 0 Å². The minimum Gasteiger partial charge on any atom is -0.507 e. The average molecular weight is 564 g/mol. The van der Waals surface area contributed by atoms with Crippen LogP contribution in [0.15, 0.2) is 60.3 Å². The predicted octanol–water partition coefficient (Wildman–Crippen LogP) is 6.29. The summed E-state index contributed by atoms with van der Waals surface area (Å²) in [4.78, 5) is 37.5. The zero-order chi connectivity index (χ0) is 28.1. The van der Waals surface area contributed by atoms with Crippen molar-refractivity contribution in [1.82, 2.24) is 9.97 Å². The molecule has 10 heteroatoms. The Morgan fingerprint density at radius 3 is 2.44 bits per heavy atom. The van der Waals surface area contributed by atoms with Gasteiger partial charge in [0.1, 0.15) is 23.3 Å². The highest BCUT2D eigenvalue weighted by molar-refractivity contribution is 7.22. The van der Waals surface area contributed by atoms with Crippen molar-refractivity contribution in [3.8, 4) is 11.5 Å². The van der Waals surface area contributed by atoms with Crippen LogP contribution in [0.3, 0.4) is 0 Å². The monoisotopic (exact) mass is 563 g/mol. The number of rotatable bonds is 5. The summed E-state index contributed by atoms with van der Waals surface area (Å²) in [5, 5.41) is 12.1. The van der Waals surface area contributed by atoms with E-state index in [1.54, 1.807) is 24.4 Å². The van der Waals surface area contributed by atoms with Gasteiger partial charge in [-0.25, -0.2) is 4.98 Å². The number of Topliss-reactive ketones (excluding diaryl/α,β-unsaturated/α-hetero) is 1. The molecule has 4 aromatic rings. The highest BCUT2D eigenvalue weighted by atomic mass is 35.5. The van der Waals surface area contributed by atoms with Crippen LogP contribution in [0, 0.1) is 0 Å². The SMILES string of the molecule is COc1cc(OC)c(/C(O)=C2\C(=O)C(=O)N(c3nc4ccc(C(C)(C)C)cc4s3)C2c2ccccn2)cc1Cl. The van der Waals surface area contributed by atoms with E-state index in [0.717, 1.165) is 10.3 Å². The number of fused-ring (bicyclic) bond motifs is 1. The van der Waals surface area contributed by atoms with Crippen LogP contribution in [0.25, 0.3) is 16.0 Å². The summed E-state index contributed by atoms with van der Waals surface area (Å²) < 4.78 is 11.6. The topological polar surface area (TPSA) is 102 Å². The number of amides is 1. The van der Waals surface area contributed by atoms with E-state index < -0.39 is 23.5 Å². The Morgan fingerprint density at radius 1 is 1.05 bits per heavy atom. The lowest BCUT2D eigenvalue weighted by atomic mass is 9.87. The van der Waals surface area contributed by atoms with Gasteiger partial charge >= 0.3 is 5.91 Å². The van der Waals surface area contributed by atoms with Crippen LogP contribution in [0.4, 0.5) is 5.13 Å². The molecule has 0 aliphatic carbocycles. The number of anilines is 1. The number of hydrogen-bond acceptors (Lipinski definition) is 8. The molecule has 1 N–H and O–H groups in total. The van der Waals surface area contributed by atoms with Crippen LogP contribution < -0.4 is 14.4 Å². The number of ketones is 1. The summed E-state index contributed by atoms with van der Waals surface area (Å²) in [6, 6.07) is 13.1. The van der Waals surface area contributed by atoms with Crippen molar-refractivity contribution in [3.63, 3.8) is 0 Å². The van der Waals surface area contributed by atoms with Gasteiger partial charge in [0.2, 0.25) is 0 Å². The second-order valence-corrected chi connectivity index (χ2v) is 11.5. The highest BCUT2D eigenvalue weighted by Gasteiger charge is 2.49. The molecule has 1 amide bonds. The van der Waals surface area contributed by atoms with Gasteiger partial charge in [0, 0.05) is 12.3 Å². The van der Waals surface area contributed by atoms with Crippen LogP contribution >= 0.6 is 22.9 Å². The molecule has 5 rings (SSSR count). The summed E-state index contributed by atoms with van der Waals surface area (Å²) in [7, 11) is 2.87. The van der Waals surface area contributed by atoms with Gasteiger partial charge in [0.05, 0.1) is 46.3 Å². The normalized spacial score (nSPS) is 17.2. The standard InChI is InChI=1S/C29H26ClN3O5S/c1-29(2,3)15-9-10-18-22(12-15)39-28(32-18)33-24(19-8-6-7-11-31-19)23(26(35)27(33)36)25(34)16-13-17(30)21(38-5)14-20(16)37-4/h6-14,24,34H,1-5H3/b25-23+. The Kier molecular flexibility index (Phi) is 6.82. The van der Waals surface area contributed by atoms with Gasteiger partial charge < -0.3 is 14.6 Å². The Hall–Kier alpha value is -3.95. The van der Waals surface area contributed by atoms with Gasteiger partial charge in [-0.3, -0.25) is 19.5 Å². The van der Waals surface area contributed by atoms with Crippen LogP contribution in [0.2, 0.25) is 5.02 Å². The minimum absolute atomic E-state index is 0.0747. The Balaban J connectivity index is 1.72. The van der Waals surface area contributed by atoms with Crippen molar-refractivity contribution in [1.29, 1.82) is 0 Å². The van der Waals surface area contributed by atoms with Gasteiger partial charge in [-0.1, -0.05) is 55.8 Å². The molecule has 1 saturated heterocycles. The van der Waals surface area contributed by atoms with E-state index in [9.17, 15) is 14.7 Å². The molecule has 1 atom stereocenters. The molecular weight excluding hydrogens is 538 g/mol. The Bertz CT molecular complexity index is 1640. The maximum absolute atomic E-state index is 13.6. The number of pyridine rings is 1. The molecule has 2 aromatic carbocycles. The first kappa shape index (κ1) is 26.6. The van der Waals surface area contributed by atoms with E-state index in [1.807, 2.05) is 18.2 Å². The number of aromatic nitrogens is 2. The van der Waals surface area contributed by atoms with Crippen molar-refractivity contribution < 1.29 is 24.2 Å². The summed E-state index contributed by atoms with van der Waals surface area (Å²) >= 11 is 7.65. The number of methoxy groups -OCH3 is 2. The number of benzene rings is 2. The maximum atomic E-state index is 13.6. The summed E-state index contributed by atoms with van der Waals surface area (Å²) in [5.41, 5.74) is 2.14. The largest absolute Gasteiger partial charge is 0.507 e. The molecule has 2 aromatic heterocycles. The predicted molar refractivity (Wildman–Crippen MR) is 152 cm³/mol. The van der Waals surface area contributed by atoms with Gasteiger partial charge in [0.15, 0.2) is 5.13 Å². The Labute approximate surface area is 234 Å². The van der Waals surface area contributed by atoms with E-state index in [1.165, 1.54) is 42.6 Å². The summed E-state index contributed by atoms with van der Waals surface area (Å²) in [6.07, 6.45) is 1.56. The van der Waals surface area contributed by atoms with E-state index >= 15 is 0 Å². The lowest BCUT2D eigenvalue weighted by Gasteiger charge is -2.22. The van der Waals surface area contributed by atoms with Crippen molar-refractivity contribution in [3.05, 3.63) is 82.1 Å². The first-order valence-corrected chi connectivity index (χ1v) is 13.3. The zero-order valence-corrected chi connectivity index (χ0v) is 23.6. The molecule has 3 heterocycles. The molecular formula is C29H26ClN3O5S. The molecule has 1 fully saturated rings. The smallest absolute Gasteiger partial charge is 0.301 e. The number of carbonyl (C=O) groups excluding carboxylic acids is 2. The third kappa shape index (κ3) is 4.62. The molecule has 1 aliphatic heterocycles. The number of ether oxygens (including phenoxy) is 2. The molecule has 0 bridgehead atoms. The van der Waals surface area contributed by atoms with E-state index in [2.05, 4.69) is 25.8 Å². The van der Waals surface area contributed by atoms with Crippen molar-refractivity contribution in [2.24, 2.45) is 0 Å². The van der Waals surface area contributed by atoms with Crippen LogP contribution in [0.1, 0.15) is 43.6 Å². The second kappa shape index (κ2) is 9.98. The number of aliphatic hydroxyl groups is 1. The third-order valence-electron chi connectivity index (χ3n) is 6.59. The maximum Gasteiger partial charge on any atom is 0.301 e. The quantitative estimate of drug-likeness (QED) is 0.173. The summed E-state index contributed by atoms with van der Waals surface area (Å²) in [5.74, 6) is -1.58. The number of hydrogen-bond donors (Lipinski definition) is 1. The number of nitrogens with zero attached hydrogens (tertiary/aromatic N) is 3. The van der Waals surface area contributed by atoms with Gasteiger partial charge in [0.25, 0.3) is 5.78 Å². The lowest BCUT2D eigenvalue weighted by Crippen LogP contribution is -2.29. The Morgan fingerprint density at radius 2 is 1.79 bits per heavy atom. The molecule has 1 aliphatic rings. The number of aliphatic hydroxyl groups excluding tert-OH is 1. The fourth-order valence-corrected chi connectivity index (χ4v) is 5.79. The van der Waals surface area contributed by atoms with Crippen LogP contribution in [0.5, 0.6) is 11.5 Å². The van der Waals surface area contributed by atoms with Crippen molar-refractivity contribution in [2.45, 2.75) is 32.2 Å². The molecule has 39 heavy (non-hydrogen) atoms. The van der Waals surface area contributed by atoms with Crippen LogP contribution in [-0.2, 0) is 15.0 Å². The molecule has 0 radical (unpaired) electrons. The van der Waals surface area contributed by atoms with E-state index in [4.69, 9.17) is 26.1 Å². The molecule has 1 unspecified atom stereocenters. The first-order valence-electron chi connectivity index (χ1n) is 12.1. The van der Waals surface area contributed by atoms with Gasteiger partial charge in [-0.15, -0.1) is 0 Å². The molecule has 0 saturated carbocycles. The summed E-state index contributed by atoms with van der Waals surface area (Å²) in [6.45, 7) is 6.36. The molecule has 0 spiro atoms. The number of halogens is 1.